The van der Waals surface area contributed by atoms with Crippen molar-refractivity contribution < 1.29 is 9.18 Å². The van der Waals surface area contributed by atoms with Crippen molar-refractivity contribution in [2.75, 3.05) is 6.54 Å². The normalized spacial score (nSPS) is 24.0. The summed E-state index contributed by atoms with van der Waals surface area (Å²) in [5, 5.41) is 0.619. The van der Waals surface area contributed by atoms with E-state index in [0.717, 1.165) is 25.1 Å². The second kappa shape index (κ2) is 4.52. The molecule has 2 heterocycles. The van der Waals surface area contributed by atoms with Gasteiger partial charge in [-0.15, -0.1) is 0 Å². The molecule has 3 nitrogen and oxygen atoms in total. The van der Waals surface area contributed by atoms with Gasteiger partial charge in [0.1, 0.15) is 5.82 Å². The number of piperidine rings is 1. The van der Waals surface area contributed by atoms with Gasteiger partial charge in [-0.3, -0.25) is 9.78 Å². The lowest BCUT2D eigenvalue weighted by atomic mass is 10.0. The molecule has 1 aromatic carbocycles. The maximum Gasteiger partial charge on any atom is 0.254 e. The lowest BCUT2D eigenvalue weighted by molar-refractivity contribution is 0.0705. The fourth-order valence-electron chi connectivity index (χ4n) is 3.84. The largest absolute Gasteiger partial charge is 0.335 e. The van der Waals surface area contributed by atoms with Crippen molar-refractivity contribution in [1.82, 2.24) is 9.88 Å². The molecule has 0 radical (unpaired) electrons. The molecule has 108 valence electrons. The van der Waals surface area contributed by atoms with Crippen molar-refractivity contribution in [2.24, 2.45) is 5.92 Å². The second-order valence-corrected chi connectivity index (χ2v) is 6.26. The smallest absolute Gasteiger partial charge is 0.254 e. The fraction of sp³-hybridized carbons (Fsp3) is 0.412. The van der Waals surface area contributed by atoms with Gasteiger partial charge in [0.25, 0.3) is 5.91 Å². The Bertz CT molecular complexity index is 743. The van der Waals surface area contributed by atoms with Crippen LogP contribution >= 0.6 is 0 Å². The van der Waals surface area contributed by atoms with Gasteiger partial charge in [-0.25, -0.2) is 4.39 Å². The first kappa shape index (κ1) is 12.7. The summed E-state index contributed by atoms with van der Waals surface area (Å²) in [6.07, 6.45) is 3.47. The van der Waals surface area contributed by atoms with Gasteiger partial charge in [0.2, 0.25) is 0 Å². The van der Waals surface area contributed by atoms with Gasteiger partial charge in [-0.05, 0) is 56.4 Å². The average Bonchev–Trinajstić information content (AvgIpc) is 3.09. The first-order valence-electron chi connectivity index (χ1n) is 7.49. The second-order valence-electron chi connectivity index (χ2n) is 6.26. The van der Waals surface area contributed by atoms with Crippen LogP contribution in [0.25, 0.3) is 10.9 Å². The van der Waals surface area contributed by atoms with Gasteiger partial charge in [0.05, 0.1) is 11.1 Å². The van der Waals surface area contributed by atoms with Crippen LogP contribution in [0.4, 0.5) is 4.39 Å². The Kier molecular flexibility index (Phi) is 2.74. The van der Waals surface area contributed by atoms with E-state index in [9.17, 15) is 9.18 Å². The predicted octanol–water partition coefficient (Wildman–Crippen LogP) is 3.31. The van der Waals surface area contributed by atoms with Crippen LogP contribution in [0, 0.1) is 18.7 Å². The molecule has 2 aliphatic rings. The SMILES string of the molecule is Cc1cc(C(=O)N2C[C@@H]3CC[C@H]2C3)c2cc(F)ccc2n1. The van der Waals surface area contributed by atoms with Crippen LogP contribution in [-0.2, 0) is 0 Å². The van der Waals surface area contributed by atoms with E-state index in [4.69, 9.17) is 0 Å². The molecule has 1 saturated carbocycles. The number of pyridine rings is 1. The van der Waals surface area contributed by atoms with E-state index in [1.165, 1.54) is 18.6 Å². The molecule has 0 spiro atoms. The standard InChI is InChI=1S/C17H17FN2O/c1-10-6-15(14-8-12(18)3-5-16(14)19-10)17(21)20-9-11-2-4-13(20)7-11/h3,5-6,8,11,13H,2,4,7,9H2,1H3/t11-,13+/m1/s1. The molecule has 0 N–H and O–H groups in total. The van der Waals surface area contributed by atoms with Crippen molar-refractivity contribution in [2.45, 2.75) is 32.2 Å². The zero-order valence-corrected chi connectivity index (χ0v) is 12.0. The predicted molar refractivity (Wildman–Crippen MR) is 78.6 cm³/mol. The molecule has 1 saturated heterocycles. The van der Waals surface area contributed by atoms with Gasteiger partial charge < -0.3 is 4.90 Å². The van der Waals surface area contributed by atoms with Crippen molar-refractivity contribution in [3.05, 3.63) is 41.3 Å². The van der Waals surface area contributed by atoms with Crippen molar-refractivity contribution in [1.29, 1.82) is 0 Å². The van der Waals surface area contributed by atoms with E-state index in [0.29, 0.717) is 28.4 Å². The number of likely N-dealkylation sites (tertiary alicyclic amines) is 1. The minimum atomic E-state index is -0.329. The van der Waals surface area contributed by atoms with Crippen LogP contribution in [0.2, 0.25) is 0 Å². The number of nitrogens with zero attached hydrogens (tertiary/aromatic N) is 2. The minimum Gasteiger partial charge on any atom is -0.335 e. The highest BCUT2D eigenvalue weighted by Crippen LogP contribution is 2.38. The zero-order chi connectivity index (χ0) is 14.6. The van der Waals surface area contributed by atoms with Gasteiger partial charge in [-0.1, -0.05) is 0 Å². The average molecular weight is 284 g/mol. The number of carbonyl (C=O) groups excluding carboxylic acids is 1. The molecule has 21 heavy (non-hydrogen) atoms. The number of benzene rings is 1. The van der Waals surface area contributed by atoms with Crippen LogP contribution in [0.3, 0.4) is 0 Å². The van der Waals surface area contributed by atoms with Crippen molar-refractivity contribution in [3.8, 4) is 0 Å². The monoisotopic (exact) mass is 284 g/mol. The first-order chi connectivity index (χ1) is 10.1. The van der Waals surface area contributed by atoms with Crippen LogP contribution < -0.4 is 0 Å². The Morgan fingerprint density at radius 1 is 1.33 bits per heavy atom. The maximum absolute atomic E-state index is 13.6. The molecule has 2 aromatic rings. The van der Waals surface area contributed by atoms with E-state index in [1.807, 2.05) is 11.8 Å². The molecule has 1 aromatic heterocycles. The van der Waals surface area contributed by atoms with Gasteiger partial charge in [-0.2, -0.15) is 0 Å². The molecule has 4 rings (SSSR count). The van der Waals surface area contributed by atoms with E-state index < -0.39 is 0 Å². The fourth-order valence-corrected chi connectivity index (χ4v) is 3.84. The number of hydrogen-bond acceptors (Lipinski definition) is 2. The lowest BCUT2D eigenvalue weighted by Crippen LogP contribution is -2.37. The third-order valence-corrected chi connectivity index (χ3v) is 4.80. The summed E-state index contributed by atoms with van der Waals surface area (Å²) in [6, 6.07) is 6.62. The van der Waals surface area contributed by atoms with E-state index in [1.54, 1.807) is 12.1 Å². The Labute approximate surface area is 122 Å². The maximum atomic E-state index is 13.6. The highest BCUT2D eigenvalue weighted by Gasteiger charge is 2.40. The quantitative estimate of drug-likeness (QED) is 0.805. The highest BCUT2D eigenvalue weighted by molar-refractivity contribution is 6.06. The molecular weight excluding hydrogens is 267 g/mol. The summed E-state index contributed by atoms with van der Waals surface area (Å²) in [6.45, 7) is 2.72. The lowest BCUT2D eigenvalue weighted by Gasteiger charge is -2.27. The number of aromatic nitrogens is 1. The van der Waals surface area contributed by atoms with Gasteiger partial charge in [0, 0.05) is 23.7 Å². The topological polar surface area (TPSA) is 33.2 Å². The van der Waals surface area contributed by atoms with Crippen LogP contribution in [0.5, 0.6) is 0 Å². The van der Waals surface area contributed by atoms with Crippen LogP contribution in [0.1, 0.15) is 35.3 Å². The Morgan fingerprint density at radius 3 is 2.90 bits per heavy atom. The minimum absolute atomic E-state index is 0.0308. The summed E-state index contributed by atoms with van der Waals surface area (Å²) in [4.78, 5) is 19.3. The molecule has 2 atom stereocenters. The van der Waals surface area contributed by atoms with E-state index in [2.05, 4.69) is 4.98 Å². The number of aryl methyl sites for hydroxylation is 1. The van der Waals surface area contributed by atoms with Crippen LogP contribution in [0.15, 0.2) is 24.3 Å². The van der Waals surface area contributed by atoms with Gasteiger partial charge in [0.15, 0.2) is 0 Å². The van der Waals surface area contributed by atoms with Crippen LogP contribution in [-0.4, -0.2) is 28.4 Å². The van der Waals surface area contributed by atoms with E-state index in [-0.39, 0.29) is 11.7 Å². The first-order valence-corrected chi connectivity index (χ1v) is 7.49. The molecule has 1 aliphatic heterocycles. The zero-order valence-electron chi connectivity index (χ0n) is 12.0. The number of rotatable bonds is 1. The third kappa shape index (κ3) is 2.01. The molecule has 2 fully saturated rings. The summed E-state index contributed by atoms with van der Waals surface area (Å²) in [5.41, 5.74) is 2.07. The Morgan fingerprint density at radius 2 is 2.19 bits per heavy atom. The molecule has 4 heteroatoms. The van der Waals surface area contributed by atoms with Gasteiger partial charge >= 0.3 is 0 Å². The van der Waals surface area contributed by atoms with E-state index >= 15 is 0 Å². The molecule has 1 aliphatic carbocycles. The Hall–Kier alpha value is -1.97. The third-order valence-electron chi connectivity index (χ3n) is 4.80. The number of fused-ring (bicyclic) bond motifs is 3. The summed E-state index contributed by atoms with van der Waals surface area (Å²) >= 11 is 0. The molecule has 2 bridgehead atoms. The molecule has 1 amide bonds. The molecule has 0 unspecified atom stereocenters. The van der Waals surface area contributed by atoms with Crippen molar-refractivity contribution >= 4 is 16.8 Å². The number of amides is 1. The summed E-state index contributed by atoms with van der Waals surface area (Å²) in [5.74, 6) is 0.360. The number of carbonyl (C=O) groups is 1. The number of halogens is 1. The Balaban J connectivity index is 1.82. The summed E-state index contributed by atoms with van der Waals surface area (Å²) in [7, 11) is 0. The highest BCUT2D eigenvalue weighted by atomic mass is 19.1. The van der Waals surface area contributed by atoms with Crippen molar-refractivity contribution in [3.63, 3.8) is 0 Å². The number of hydrogen-bond donors (Lipinski definition) is 0. The summed E-state index contributed by atoms with van der Waals surface area (Å²) < 4.78 is 13.6. The molecular formula is C17H17FN2O.